The number of hydrogen-bond donors (Lipinski definition) is 0. The molecule has 0 saturated heterocycles. The predicted octanol–water partition coefficient (Wildman–Crippen LogP) is 3.89. The Bertz CT molecular complexity index is 593. The standard InChI is InChI=1S/C18H19O2/c1-14(16-8-12-18(20-3)13-9-16)4-5-15-6-10-17(19-2)11-7-15/h4-13H,1-3H3/q+1/b14-4+. The van der Waals surface area contributed by atoms with Gasteiger partial charge >= 0.3 is 5.78 Å². The monoisotopic (exact) mass is 267 g/mol. The van der Waals surface area contributed by atoms with E-state index >= 15 is 0 Å². The van der Waals surface area contributed by atoms with Gasteiger partial charge in [0.2, 0.25) is 0 Å². The third kappa shape index (κ3) is 3.58. The maximum atomic E-state index is 5.16. The van der Waals surface area contributed by atoms with E-state index in [2.05, 4.69) is 31.2 Å². The second kappa shape index (κ2) is 6.71. The van der Waals surface area contributed by atoms with Gasteiger partial charge in [0.15, 0.2) is 0 Å². The van der Waals surface area contributed by atoms with Crippen molar-refractivity contribution in [1.29, 1.82) is 0 Å². The maximum Gasteiger partial charge on any atom is 0.343 e. The summed E-state index contributed by atoms with van der Waals surface area (Å²) in [6, 6.07) is 8.07. The smallest absolute Gasteiger partial charge is 0.343 e. The Hall–Kier alpha value is -2.35. The summed E-state index contributed by atoms with van der Waals surface area (Å²) in [7, 11) is 3.35. The highest BCUT2D eigenvalue weighted by molar-refractivity contribution is 6.01. The van der Waals surface area contributed by atoms with E-state index in [9.17, 15) is 0 Å². The van der Waals surface area contributed by atoms with Crippen LogP contribution in [0.2, 0.25) is 0 Å². The summed E-state index contributed by atoms with van der Waals surface area (Å²) >= 11 is 0. The normalized spacial score (nSPS) is 14.4. The van der Waals surface area contributed by atoms with E-state index in [1.54, 1.807) is 14.2 Å². The number of rotatable bonds is 3. The van der Waals surface area contributed by atoms with Crippen LogP contribution in [0.1, 0.15) is 12.5 Å². The molecule has 20 heavy (non-hydrogen) atoms. The third-order valence-corrected chi connectivity index (χ3v) is 3.19. The summed E-state index contributed by atoms with van der Waals surface area (Å²) in [6.07, 6.45) is 12.2. The molecule has 2 heteroatoms. The average Bonchev–Trinajstić information content (AvgIpc) is 2.53. The highest BCUT2D eigenvalue weighted by atomic mass is 16.5. The average molecular weight is 267 g/mol. The molecule has 1 aromatic rings. The number of ketones is 1. The van der Waals surface area contributed by atoms with Crippen LogP contribution in [0.15, 0.2) is 66.3 Å². The summed E-state index contributed by atoms with van der Waals surface area (Å²) in [4.78, 5) is 0. The first kappa shape index (κ1) is 14.1. The Balaban J connectivity index is 2.13. The van der Waals surface area contributed by atoms with E-state index in [0.717, 1.165) is 17.1 Å². The number of methoxy groups -OCH3 is 1. The fraction of sp³-hybridized carbons (Fsp3) is 0.167. The Morgan fingerprint density at radius 1 is 1.05 bits per heavy atom. The van der Waals surface area contributed by atoms with Crippen LogP contribution in [0.4, 0.5) is 0 Å². The Labute approximate surface area is 120 Å². The number of hydrogen-bond acceptors (Lipinski definition) is 1. The summed E-state index contributed by atoms with van der Waals surface area (Å²) in [5, 5.41) is 0. The van der Waals surface area contributed by atoms with Crippen molar-refractivity contribution in [2.45, 2.75) is 6.92 Å². The first-order valence-electron chi connectivity index (χ1n) is 6.53. The van der Waals surface area contributed by atoms with Crippen molar-refractivity contribution < 1.29 is 9.16 Å². The van der Waals surface area contributed by atoms with Gasteiger partial charge in [-0.15, -0.1) is 0 Å². The van der Waals surface area contributed by atoms with Crippen LogP contribution >= 0.6 is 0 Å². The number of allylic oxidation sites excluding steroid dienone is 8. The largest absolute Gasteiger partial charge is 0.497 e. The molecule has 1 aliphatic rings. The zero-order valence-corrected chi connectivity index (χ0v) is 12.1. The first-order chi connectivity index (χ1) is 9.72. The fourth-order valence-electron chi connectivity index (χ4n) is 1.89. The zero-order valence-electron chi connectivity index (χ0n) is 12.1. The second-order valence-corrected chi connectivity index (χ2v) is 4.52. The summed E-state index contributed by atoms with van der Waals surface area (Å²) in [5.74, 6) is 1.75. The van der Waals surface area contributed by atoms with Crippen LogP contribution in [0.5, 0.6) is 5.75 Å². The van der Waals surface area contributed by atoms with Crippen molar-refractivity contribution in [3.63, 3.8) is 0 Å². The molecule has 0 fully saturated rings. The predicted molar refractivity (Wildman–Crippen MR) is 83.9 cm³/mol. The van der Waals surface area contributed by atoms with E-state index in [4.69, 9.17) is 9.16 Å². The van der Waals surface area contributed by atoms with Gasteiger partial charge in [-0.05, 0) is 47.9 Å². The van der Waals surface area contributed by atoms with Gasteiger partial charge in [-0.3, -0.25) is 4.42 Å². The quantitative estimate of drug-likeness (QED) is 0.761. The van der Waals surface area contributed by atoms with Gasteiger partial charge in [0.05, 0.1) is 7.11 Å². The third-order valence-electron chi connectivity index (χ3n) is 3.19. The molecule has 0 spiro atoms. The van der Waals surface area contributed by atoms with Crippen molar-refractivity contribution in [2.24, 2.45) is 0 Å². The molecule has 0 aliphatic heterocycles. The molecule has 0 atom stereocenters. The summed E-state index contributed by atoms with van der Waals surface area (Å²) in [5.41, 5.74) is 3.55. The van der Waals surface area contributed by atoms with Gasteiger partial charge in [-0.25, -0.2) is 0 Å². The van der Waals surface area contributed by atoms with E-state index in [1.165, 1.54) is 11.1 Å². The van der Waals surface area contributed by atoms with Crippen molar-refractivity contribution in [2.75, 3.05) is 14.2 Å². The van der Waals surface area contributed by atoms with Crippen LogP contribution in [0.3, 0.4) is 0 Å². The van der Waals surface area contributed by atoms with Gasteiger partial charge in [0, 0.05) is 12.2 Å². The highest BCUT2D eigenvalue weighted by Gasteiger charge is 2.04. The molecule has 1 aliphatic carbocycles. The fourth-order valence-corrected chi connectivity index (χ4v) is 1.89. The van der Waals surface area contributed by atoms with Crippen LogP contribution in [-0.2, 0) is 4.42 Å². The molecular weight excluding hydrogens is 248 g/mol. The minimum atomic E-state index is 0.873. The van der Waals surface area contributed by atoms with Gasteiger partial charge in [-0.2, -0.15) is 0 Å². The van der Waals surface area contributed by atoms with Crippen molar-refractivity contribution >= 4 is 11.4 Å². The van der Waals surface area contributed by atoms with E-state index in [0.29, 0.717) is 0 Å². The molecule has 102 valence electrons. The Kier molecular flexibility index (Phi) is 4.72. The lowest BCUT2D eigenvalue weighted by Crippen LogP contribution is -1.95. The molecule has 0 radical (unpaired) electrons. The van der Waals surface area contributed by atoms with Gasteiger partial charge in [-0.1, -0.05) is 24.3 Å². The lowest BCUT2D eigenvalue weighted by Gasteiger charge is -2.03. The molecule has 0 N–H and O–H groups in total. The van der Waals surface area contributed by atoms with E-state index in [-0.39, 0.29) is 0 Å². The van der Waals surface area contributed by atoms with E-state index in [1.807, 2.05) is 36.4 Å². The second-order valence-electron chi connectivity index (χ2n) is 4.52. The molecule has 1 aromatic carbocycles. The maximum absolute atomic E-state index is 5.16. The van der Waals surface area contributed by atoms with Gasteiger partial charge in [0.1, 0.15) is 5.75 Å². The van der Waals surface area contributed by atoms with Crippen LogP contribution < -0.4 is 4.74 Å². The SMILES string of the molecule is COc1ccc(/C(C)=C/C=C2C=CC(=[O+]C)C=C2)cc1. The minimum absolute atomic E-state index is 0.873. The Morgan fingerprint density at radius 2 is 1.70 bits per heavy atom. The summed E-state index contributed by atoms with van der Waals surface area (Å²) in [6.45, 7) is 2.10. The first-order valence-corrected chi connectivity index (χ1v) is 6.53. The lowest BCUT2D eigenvalue weighted by atomic mass is 10.0. The van der Waals surface area contributed by atoms with E-state index < -0.39 is 0 Å². The molecular formula is C18H19O2+. The summed E-state index contributed by atoms with van der Waals surface area (Å²) < 4.78 is 10.3. The lowest BCUT2D eigenvalue weighted by molar-refractivity contribution is -0.417. The van der Waals surface area contributed by atoms with Crippen LogP contribution in [0.25, 0.3) is 5.57 Å². The molecule has 0 unspecified atom stereocenters. The van der Waals surface area contributed by atoms with Crippen LogP contribution in [-0.4, -0.2) is 20.0 Å². The highest BCUT2D eigenvalue weighted by Crippen LogP contribution is 2.18. The topological polar surface area (TPSA) is 20.5 Å². The molecule has 0 heterocycles. The van der Waals surface area contributed by atoms with Crippen molar-refractivity contribution in [3.8, 4) is 5.75 Å². The minimum Gasteiger partial charge on any atom is -0.497 e. The molecule has 0 amide bonds. The Morgan fingerprint density at radius 3 is 2.25 bits per heavy atom. The molecule has 0 saturated carbocycles. The number of ether oxygens (including phenoxy) is 1. The molecule has 0 bridgehead atoms. The molecule has 2 nitrogen and oxygen atoms in total. The van der Waals surface area contributed by atoms with Crippen molar-refractivity contribution in [1.82, 2.24) is 0 Å². The van der Waals surface area contributed by atoms with Gasteiger partial charge < -0.3 is 4.74 Å². The number of carbonyl (C=O) groups excluding carboxylic acids is 1. The zero-order chi connectivity index (χ0) is 14.4. The molecule has 2 rings (SSSR count). The van der Waals surface area contributed by atoms with Crippen molar-refractivity contribution in [3.05, 3.63) is 71.9 Å². The van der Waals surface area contributed by atoms with Crippen LogP contribution in [0, 0.1) is 0 Å². The molecule has 0 aromatic heterocycles. The van der Waals surface area contributed by atoms with Gasteiger partial charge in [0.25, 0.3) is 7.11 Å². The number of benzene rings is 1.